The summed E-state index contributed by atoms with van der Waals surface area (Å²) in [5.41, 5.74) is 3.27. The molecule has 23 heavy (non-hydrogen) atoms. The molecule has 0 aliphatic heterocycles. The van der Waals surface area contributed by atoms with Gasteiger partial charge in [-0.3, -0.25) is 15.0 Å². The van der Waals surface area contributed by atoms with Gasteiger partial charge in [-0.15, -0.1) is 11.3 Å². The van der Waals surface area contributed by atoms with Gasteiger partial charge in [-0.05, 0) is 0 Å². The molecule has 0 spiro atoms. The van der Waals surface area contributed by atoms with Crippen LogP contribution in [-0.2, 0) is 19.4 Å². The third-order valence-electron chi connectivity index (χ3n) is 2.68. The van der Waals surface area contributed by atoms with Gasteiger partial charge in [0.05, 0.1) is 5.69 Å². The van der Waals surface area contributed by atoms with Crippen LogP contribution in [-0.4, -0.2) is 36.7 Å². The molecule has 1 aromatic carbocycles. The molecule has 0 aliphatic rings. The molecular weight excluding hydrogens is 340 g/mol. The normalized spacial score (nSPS) is 11.0. The molecule has 0 saturated carbocycles. The summed E-state index contributed by atoms with van der Waals surface area (Å²) < 4.78 is 23.3. The number of carbonyl (C=O) groups is 2. The van der Waals surface area contributed by atoms with Gasteiger partial charge < -0.3 is 5.32 Å². The monoisotopic (exact) mass is 354 g/mol. The Morgan fingerprint density at radius 1 is 1.13 bits per heavy atom. The van der Waals surface area contributed by atoms with Crippen molar-refractivity contribution in [1.82, 2.24) is 10.4 Å². The lowest BCUT2D eigenvalue weighted by Gasteiger charge is -2.03. The second-order valence-corrected chi connectivity index (χ2v) is 7.47. The van der Waals surface area contributed by atoms with Gasteiger partial charge in [0.25, 0.3) is 0 Å². The lowest BCUT2D eigenvalue weighted by atomic mass is 10.2. The molecule has 0 bridgehead atoms. The first kappa shape index (κ1) is 17.1. The van der Waals surface area contributed by atoms with E-state index in [2.05, 4.69) is 10.3 Å². The Labute approximate surface area is 136 Å². The van der Waals surface area contributed by atoms with Crippen LogP contribution in [0.1, 0.15) is 0 Å². The van der Waals surface area contributed by atoms with Gasteiger partial charge in [0.15, 0.2) is 15.0 Å². The highest BCUT2D eigenvalue weighted by atomic mass is 32.2. The standard InChI is InChI=1S/C13H14N4O4S2/c14-17-12(19)8-23(20,21)7-11(18)16-13-15-10(6-22-13)9-4-2-1-3-5-9/h1-6H,7-8,14H2,(H,17,19)(H,15,16,18). The van der Waals surface area contributed by atoms with Crippen LogP contribution in [0.3, 0.4) is 0 Å². The van der Waals surface area contributed by atoms with Crippen molar-refractivity contribution in [1.29, 1.82) is 0 Å². The smallest absolute Gasteiger partial charge is 0.249 e. The molecule has 122 valence electrons. The summed E-state index contributed by atoms with van der Waals surface area (Å²) in [4.78, 5) is 26.9. The minimum absolute atomic E-state index is 0.285. The van der Waals surface area contributed by atoms with Gasteiger partial charge in [-0.1, -0.05) is 30.3 Å². The fraction of sp³-hybridized carbons (Fsp3) is 0.154. The number of nitrogens with one attached hydrogen (secondary N) is 2. The molecule has 4 N–H and O–H groups in total. The molecule has 2 amide bonds. The molecule has 10 heteroatoms. The number of benzene rings is 1. The summed E-state index contributed by atoms with van der Waals surface area (Å²) >= 11 is 1.18. The van der Waals surface area contributed by atoms with Crippen molar-refractivity contribution in [3.63, 3.8) is 0 Å². The van der Waals surface area contributed by atoms with E-state index < -0.39 is 33.2 Å². The number of amides is 2. The van der Waals surface area contributed by atoms with Gasteiger partial charge in [-0.25, -0.2) is 19.2 Å². The summed E-state index contributed by atoms with van der Waals surface area (Å²) in [5, 5.41) is 4.44. The van der Waals surface area contributed by atoms with Crippen LogP contribution in [0, 0.1) is 0 Å². The number of nitrogens with two attached hydrogens (primary N) is 1. The first-order valence-electron chi connectivity index (χ1n) is 6.40. The van der Waals surface area contributed by atoms with Crippen molar-refractivity contribution >= 4 is 38.1 Å². The molecule has 1 aromatic heterocycles. The largest absolute Gasteiger partial charge is 0.301 e. The minimum atomic E-state index is -3.88. The van der Waals surface area contributed by atoms with Crippen molar-refractivity contribution < 1.29 is 18.0 Å². The Morgan fingerprint density at radius 2 is 1.78 bits per heavy atom. The van der Waals surface area contributed by atoms with Crippen molar-refractivity contribution in [2.75, 3.05) is 16.8 Å². The maximum Gasteiger partial charge on any atom is 0.249 e. The maximum absolute atomic E-state index is 11.8. The van der Waals surface area contributed by atoms with E-state index in [1.165, 1.54) is 11.3 Å². The van der Waals surface area contributed by atoms with Gasteiger partial charge in [0.2, 0.25) is 11.8 Å². The highest BCUT2D eigenvalue weighted by Gasteiger charge is 2.21. The van der Waals surface area contributed by atoms with E-state index in [0.717, 1.165) is 5.56 Å². The zero-order valence-electron chi connectivity index (χ0n) is 11.9. The fourth-order valence-electron chi connectivity index (χ4n) is 1.72. The second-order valence-electron chi connectivity index (χ2n) is 4.55. The summed E-state index contributed by atoms with van der Waals surface area (Å²) in [6.07, 6.45) is 0. The Balaban J connectivity index is 1.99. The predicted molar refractivity (Wildman–Crippen MR) is 87.2 cm³/mol. The number of thiazole rings is 1. The maximum atomic E-state index is 11.8. The van der Waals surface area contributed by atoms with E-state index in [9.17, 15) is 18.0 Å². The van der Waals surface area contributed by atoms with Crippen molar-refractivity contribution in [2.24, 2.45) is 5.84 Å². The van der Waals surface area contributed by atoms with E-state index in [4.69, 9.17) is 5.84 Å². The summed E-state index contributed by atoms with van der Waals surface area (Å²) in [6, 6.07) is 9.35. The molecule has 0 saturated heterocycles. The third-order valence-corrected chi connectivity index (χ3v) is 4.84. The van der Waals surface area contributed by atoms with E-state index in [1.54, 1.807) is 10.8 Å². The number of hydrogen-bond acceptors (Lipinski definition) is 7. The summed E-state index contributed by atoms with van der Waals surface area (Å²) in [7, 11) is -3.88. The molecule has 0 atom stereocenters. The van der Waals surface area contributed by atoms with Gasteiger partial charge in [0.1, 0.15) is 11.5 Å². The lowest BCUT2D eigenvalue weighted by Crippen LogP contribution is -2.37. The molecule has 0 aliphatic carbocycles. The Kier molecular flexibility index (Phi) is 5.42. The number of sulfone groups is 1. The highest BCUT2D eigenvalue weighted by molar-refractivity contribution is 7.92. The number of hydrazine groups is 1. The molecule has 0 unspecified atom stereocenters. The average molecular weight is 354 g/mol. The van der Waals surface area contributed by atoms with Crippen LogP contribution in [0.4, 0.5) is 5.13 Å². The number of rotatable bonds is 6. The van der Waals surface area contributed by atoms with Crippen molar-refractivity contribution in [2.45, 2.75) is 0 Å². The quantitative estimate of drug-likeness (QED) is 0.384. The van der Waals surface area contributed by atoms with E-state index in [-0.39, 0.29) is 5.13 Å². The zero-order valence-corrected chi connectivity index (χ0v) is 13.5. The van der Waals surface area contributed by atoms with Crippen LogP contribution in [0.25, 0.3) is 11.3 Å². The molecule has 0 radical (unpaired) electrons. The van der Waals surface area contributed by atoms with E-state index in [1.807, 2.05) is 30.3 Å². The molecule has 2 rings (SSSR count). The van der Waals surface area contributed by atoms with Crippen LogP contribution < -0.4 is 16.6 Å². The summed E-state index contributed by atoms with van der Waals surface area (Å²) in [5.74, 6) is 1.52. The van der Waals surface area contributed by atoms with Gasteiger partial charge >= 0.3 is 0 Å². The van der Waals surface area contributed by atoms with E-state index >= 15 is 0 Å². The van der Waals surface area contributed by atoms with Crippen LogP contribution in [0.5, 0.6) is 0 Å². The number of carbonyl (C=O) groups excluding carboxylic acids is 2. The minimum Gasteiger partial charge on any atom is -0.301 e. The number of nitrogens with zero attached hydrogens (tertiary/aromatic N) is 1. The van der Waals surface area contributed by atoms with Crippen LogP contribution in [0.15, 0.2) is 35.7 Å². The number of hydrogen-bond donors (Lipinski definition) is 3. The first-order valence-corrected chi connectivity index (χ1v) is 9.10. The second kappa shape index (κ2) is 7.31. The SMILES string of the molecule is NNC(=O)CS(=O)(=O)CC(=O)Nc1nc(-c2ccccc2)cs1. The average Bonchev–Trinajstić information content (AvgIpc) is 2.95. The topological polar surface area (TPSA) is 131 Å². The van der Waals surface area contributed by atoms with Crippen LogP contribution in [0.2, 0.25) is 0 Å². The van der Waals surface area contributed by atoms with Crippen molar-refractivity contribution in [3.05, 3.63) is 35.7 Å². The predicted octanol–water partition coefficient (Wildman–Crippen LogP) is 0.153. The molecule has 0 fully saturated rings. The first-order chi connectivity index (χ1) is 10.9. The van der Waals surface area contributed by atoms with Gasteiger partial charge in [0, 0.05) is 10.9 Å². The zero-order chi connectivity index (χ0) is 16.9. The Morgan fingerprint density at radius 3 is 2.43 bits per heavy atom. The number of aromatic nitrogens is 1. The molecule has 1 heterocycles. The highest BCUT2D eigenvalue weighted by Crippen LogP contribution is 2.24. The molecule has 8 nitrogen and oxygen atoms in total. The molecule has 2 aromatic rings. The Hall–Kier alpha value is -2.30. The third kappa shape index (κ3) is 5.13. The fourth-order valence-corrected chi connectivity index (χ4v) is 3.51. The van der Waals surface area contributed by atoms with Crippen molar-refractivity contribution in [3.8, 4) is 11.3 Å². The lowest BCUT2D eigenvalue weighted by molar-refractivity contribution is -0.118. The summed E-state index contributed by atoms with van der Waals surface area (Å²) in [6.45, 7) is 0. The number of anilines is 1. The van der Waals surface area contributed by atoms with E-state index in [0.29, 0.717) is 5.69 Å². The van der Waals surface area contributed by atoms with Gasteiger partial charge in [-0.2, -0.15) is 0 Å². The Bertz CT molecular complexity index is 802. The molecular formula is C13H14N4O4S2. The van der Waals surface area contributed by atoms with Crippen LogP contribution >= 0.6 is 11.3 Å².